The Hall–Kier alpha value is -1.55. The van der Waals surface area contributed by atoms with E-state index in [9.17, 15) is 4.79 Å². The second kappa shape index (κ2) is 4.14. The first-order chi connectivity index (χ1) is 7.58. The van der Waals surface area contributed by atoms with Crippen LogP contribution in [-0.4, -0.2) is 17.1 Å². The molecule has 1 aromatic carbocycles. The van der Waals surface area contributed by atoms with E-state index in [1.54, 1.807) is 6.92 Å². The van der Waals surface area contributed by atoms with Crippen molar-refractivity contribution in [3.8, 4) is 0 Å². The summed E-state index contributed by atoms with van der Waals surface area (Å²) in [5.41, 5.74) is 8.89. The number of anilines is 1. The van der Waals surface area contributed by atoms with Crippen molar-refractivity contribution in [2.45, 2.75) is 31.8 Å². The van der Waals surface area contributed by atoms with Crippen LogP contribution >= 0.6 is 0 Å². The Bertz CT molecular complexity index is 417. The van der Waals surface area contributed by atoms with E-state index in [1.165, 1.54) is 11.1 Å². The normalized spacial score (nSPS) is 20.4. The molecule has 4 heteroatoms. The topological polar surface area (TPSA) is 75.3 Å². The summed E-state index contributed by atoms with van der Waals surface area (Å²) in [5, 5.41) is 12.0. The van der Waals surface area contributed by atoms with Gasteiger partial charge in [0.1, 0.15) is 6.04 Å². The van der Waals surface area contributed by atoms with Gasteiger partial charge in [0.05, 0.1) is 0 Å². The third-order valence-corrected chi connectivity index (χ3v) is 3.07. The molecule has 0 saturated carbocycles. The SMILES string of the molecule is CC(NC1CCc2cc(N)ccc21)C(=O)O. The molecule has 2 rings (SSSR count). The Kier molecular flexibility index (Phi) is 2.83. The van der Waals surface area contributed by atoms with Crippen LogP contribution in [0.15, 0.2) is 18.2 Å². The van der Waals surface area contributed by atoms with Crippen molar-refractivity contribution in [3.63, 3.8) is 0 Å². The lowest BCUT2D eigenvalue weighted by Gasteiger charge is -2.17. The molecule has 0 heterocycles. The van der Waals surface area contributed by atoms with E-state index in [0.29, 0.717) is 0 Å². The molecule has 0 spiro atoms. The summed E-state index contributed by atoms with van der Waals surface area (Å²) in [4.78, 5) is 10.8. The largest absolute Gasteiger partial charge is 0.480 e. The summed E-state index contributed by atoms with van der Waals surface area (Å²) in [6, 6.07) is 5.45. The fraction of sp³-hybridized carbons (Fsp3) is 0.417. The van der Waals surface area contributed by atoms with Crippen LogP contribution in [0.3, 0.4) is 0 Å². The molecule has 1 aliphatic rings. The van der Waals surface area contributed by atoms with Crippen LogP contribution in [0.25, 0.3) is 0 Å². The molecule has 4 N–H and O–H groups in total. The maximum atomic E-state index is 10.8. The highest BCUT2D eigenvalue weighted by molar-refractivity contribution is 5.73. The first-order valence-corrected chi connectivity index (χ1v) is 5.45. The zero-order valence-corrected chi connectivity index (χ0v) is 9.23. The summed E-state index contributed by atoms with van der Waals surface area (Å²) in [6.45, 7) is 1.66. The van der Waals surface area contributed by atoms with Crippen molar-refractivity contribution in [2.24, 2.45) is 0 Å². The Morgan fingerprint density at radius 2 is 2.38 bits per heavy atom. The highest BCUT2D eigenvalue weighted by atomic mass is 16.4. The highest BCUT2D eigenvalue weighted by Gasteiger charge is 2.25. The van der Waals surface area contributed by atoms with Gasteiger partial charge in [0, 0.05) is 11.7 Å². The molecule has 0 bridgehead atoms. The summed E-state index contributed by atoms with van der Waals surface area (Å²) in [7, 11) is 0. The fourth-order valence-corrected chi connectivity index (χ4v) is 2.18. The summed E-state index contributed by atoms with van der Waals surface area (Å²) in [5.74, 6) is -0.816. The number of rotatable bonds is 3. The number of benzene rings is 1. The van der Waals surface area contributed by atoms with E-state index in [0.717, 1.165) is 18.5 Å². The van der Waals surface area contributed by atoms with Crippen LogP contribution in [0, 0.1) is 0 Å². The van der Waals surface area contributed by atoms with Crippen LogP contribution in [-0.2, 0) is 11.2 Å². The van der Waals surface area contributed by atoms with Gasteiger partial charge in [-0.3, -0.25) is 10.1 Å². The predicted molar refractivity (Wildman–Crippen MR) is 62.1 cm³/mol. The lowest BCUT2D eigenvalue weighted by atomic mass is 10.1. The smallest absolute Gasteiger partial charge is 0.320 e. The number of fused-ring (bicyclic) bond motifs is 1. The number of carboxylic acid groups (broad SMARTS) is 1. The summed E-state index contributed by atoms with van der Waals surface area (Å²) >= 11 is 0. The van der Waals surface area contributed by atoms with Gasteiger partial charge in [0.25, 0.3) is 0 Å². The number of aryl methyl sites for hydroxylation is 1. The monoisotopic (exact) mass is 220 g/mol. The van der Waals surface area contributed by atoms with Gasteiger partial charge in [-0.25, -0.2) is 0 Å². The maximum absolute atomic E-state index is 10.8. The van der Waals surface area contributed by atoms with Gasteiger partial charge in [-0.15, -0.1) is 0 Å². The summed E-state index contributed by atoms with van der Waals surface area (Å²) < 4.78 is 0. The number of aliphatic carboxylic acids is 1. The number of nitrogens with one attached hydrogen (secondary N) is 1. The van der Waals surface area contributed by atoms with Gasteiger partial charge < -0.3 is 10.8 Å². The molecular weight excluding hydrogens is 204 g/mol. The Morgan fingerprint density at radius 1 is 1.62 bits per heavy atom. The van der Waals surface area contributed by atoms with Crippen LogP contribution in [0.1, 0.15) is 30.5 Å². The second-order valence-corrected chi connectivity index (χ2v) is 4.28. The molecule has 0 saturated heterocycles. The van der Waals surface area contributed by atoms with Gasteiger partial charge in [0.2, 0.25) is 0 Å². The van der Waals surface area contributed by atoms with Gasteiger partial charge in [-0.1, -0.05) is 6.07 Å². The lowest BCUT2D eigenvalue weighted by molar-refractivity contribution is -0.139. The van der Waals surface area contributed by atoms with Crippen LogP contribution in [0.2, 0.25) is 0 Å². The molecular formula is C12H16N2O2. The number of hydrogen-bond acceptors (Lipinski definition) is 3. The van der Waals surface area contributed by atoms with Crippen molar-refractivity contribution >= 4 is 11.7 Å². The van der Waals surface area contributed by atoms with E-state index in [-0.39, 0.29) is 6.04 Å². The molecule has 0 aromatic heterocycles. The molecule has 2 unspecified atom stereocenters. The zero-order valence-electron chi connectivity index (χ0n) is 9.23. The van der Waals surface area contributed by atoms with Gasteiger partial charge in [-0.2, -0.15) is 0 Å². The van der Waals surface area contributed by atoms with Crippen LogP contribution < -0.4 is 11.1 Å². The molecule has 4 nitrogen and oxygen atoms in total. The third-order valence-electron chi connectivity index (χ3n) is 3.07. The fourth-order valence-electron chi connectivity index (χ4n) is 2.18. The Morgan fingerprint density at radius 3 is 3.06 bits per heavy atom. The standard InChI is InChI=1S/C12H16N2O2/c1-7(12(15)16)14-11-5-2-8-6-9(13)3-4-10(8)11/h3-4,6-7,11,14H,2,5,13H2,1H3,(H,15,16). The minimum absolute atomic E-state index is 0.140. The van der Waals surface area contributed by atoms with E-state index in [1.807, 2.05) is 18.2 Å². The van der Waals surface area contributed by atoms with Crippen LogP contribution in [0.5, 0.6) is 0 Å². The maximum Gasteiger partial charge on any atom is 0.320 e. The van der Waals surface area contributed by atoms with E-state index in [2.05, 4.69) is 5.32 Å². The van der Waals surface area contributed by atoms with Crippen molar-refractivity contribution in [3.05, 3.63) is 29.3 Å². The molecule has 0 fully saturated rings. The summed E-state index contributed by atoms with van der Waals surface area (Å²) in [6.07, 6.45) is 1.90. The number of nitrogen functional groups attached to an aromatic ring is 1. The number of nitrogens with two attached hydrogens (primary N) is 1. The van der Waals surface area contributed by atoms with Crippen LogP contribution in [0.4, 0.5) is 5.69 Å². The molecule has 1 aliphatic carbocycles. The van der Waals surface area contributed by atoms with E-state index >= 15 is 0 Å². The molecule has 0 amide bonds. The average molecular weight is 220 g/mol. The first kappa shape index (κ1) is 11.0. The van der Waals surface area contributed by atoms with Gasteiger partial charge in [0.15, 0.2) is 0 Å². The van der Waals surface area contributed by atoms with Crippen molar-refractivity contribution in [1.29, 1.82) is 0 Å². The third kappa shape index (κ3) is 2.02. The number of carboxylic acids is 1. The average Bonchev–Trinajstić information content (AvgIpc) is 2.60. The molecule has 1 aromatic rings. The second-order valence-electron chi connectivity index (χ2n) is 4.28. The van der Waals surface area contributed by atoms with Crippen molar-refractivity contribution in [1.82, 2.24) is 5.32 Å². The molecule has 0 aliphatic heterocycles. The van der Waals surface area contributed by atoms with E-state index in [4.69, 9.17) is 10.8 Å². The molecule has 0 radical (unpaired) electrons. The number of hydrogen-bond donors (Lipinski definition) is 3. The molecule has 16 heavy (non-hydrogen) atoms. The predicted octanol–water partition coefficient (Wildman–Crippen LogP) is 1.32. The minimum Gasteiger partial charge on any atom is -0.480 e. The lowest BCUT2D eigenvalue weighted by Crippen LogP contribution is -2.35. The quantitative estimate of drug-likeness (QED) is 0.671. The van der Waals surface area contributed by atoms with Gasteiger partial charge >= 0.3 is 5.97 Å². The van der Waals surface area contributed by atoms with Gasteiger partial charge in [-0.05, 0) is 43.0 Å². The number of carbonyl (C=O) groups is 1. The highest BCUT2D eigenvalue weighted by Crippen LogP contribution is 2.32. The Balaban J connectivity index is 2.15. The molecule has 2 atom stereocenters. The Labute approximate surface area is 94.5 Å². The molecule has 86 valence electrons. The van der Waals surface area contributed by atoms with E-state index < -0.39 is 12.0 Å². The minimum atomic E-state index is -0.816. The van der Waals surface area contributed by atoms with Crippen molar-refractivity contribution < 1.29 is 9.90 Å². The first-order valence-electron chi connectivity index (χ1n) is 5.45. The zero-order chi connectivity index (χ0) is 11.7. The van der Waals surface area contributed by atoms with Crippen molar-refractivity contribution in [2.75, 3.05) is 5.73 Å².